The summed E-state index contributed by atoms with van der Waals surface area (Å²) in [5.41, 5.74) is 5.23. The Kier molecular flexibility index (Phi) is 3.37. The molecule has 0 radical (unpaired) electrons. The van der Waals surface area contributed by atoms with Crippen LogP contribution in [0, 0.1) is 0 Å². The molecule has 14 heavy (non-hydrogen) atoms. The molecule has 0 spiro atoms. The molecule has 7 heteroatoms. The van der Waals surface area contributed by atoms with Crippen molar-refractivity contribution in [2.24, 2.45) is 0 Å². The van der Waals surface area contributed by atoms with Gasteiger partial charge in [0.05, 0.1) is 12.4 Å². The lowest BCUT2D eigenvalue weighted by Gasteiger charge is -2.03. The molecule has 1 rings (SSSR count). The molecule has 0 fully saturated rings. The SMILES string of the molecule is CCCNS(=O)(=O)c1cnc(N)nc1. The number of nitrogen functional groups attached to an aromatic ring is 1. The van der Waals surface area contributed by atoms with Crippen LogP contribution in [0.15, 0.2) is 17.3 Å². The average molecular weight is 216 g/mol. The topological polar surface area (TPSA) is 98.0 Å². The summed E-state index contributed by atoms with van der Waals surface area (Å²) in [6.45, 7) is 2.27. The van der Waals surface area contributed by atoms with E-state index >= 15 is 0 Å². The second kappa shape index (κ2) is 4.34. The van der Waals surface area contributed by atoms with Gasteiger partial charge in [-0.2, -0.15) is 0 Å². The van der Waals surface area contributed by atoms with E-state index < -0.39 is 10.0 Å². The Balaban J connectivity index is 2.87. The lowest BCUT2D eigenvalue weighted by Crippen LogP contribution is -2.24. The van der Waals surface area contributed by atoms with Crippen LogP contribution in [0.1, 0.15) is 13.3 Å². The van der Waals surface area contributed by atoms with E-state index in [0.717, 1.165) is 6.42 Å². The lowest BCUT2D eigenvalue weighted by molar-refractivity contribution is 0.580. The van der Waals surface area contributed by atoms with Crippen LogP contribution in [-0.2, 0) is 10.0 Å². The summed E-state index contributed by atoms with van der Waals surface area (Å²) >= 11 is 0. The molecule has 1 aromatic heterocycles. The third kappa shape index (κ3) is 2.64. The van der Waals surface area contributed by atoms with Crippen molar-refractivity contribution in [1.82, 2.24) is 14.7 Å². The summed E-state index contributed by atoms with van der Waals surface area (Å²) in [6, 6.07) is 0. The van der Waals surface area contributed by atoms with Crippen molar-refractivity contribution >= 4 is 16.0 Å². The first-order valence-electron chi connectivity index (χ1n) is 4.13. The van der Waals surface area contributed by atoms with Crippen LogP contribution in [0.4, 0.5) is 5.95 Å². The monoisotopic (exact) mass is 216 g/mol. The highest BCUT2D eigenvalue weighted by atomic mass is 32.2. The van der Waals surface area contributed by atoms with Gasteiger partial charge in [-0.25, -0.2) is 23.1 Å². The highest BCUT2D eigenvalue weighted by Gasteiger charge is 2.13. The standard InChI is InChI=1S/C7H12N4O2S/c1-2-3-11-14(12,13)6-4-9-7(8)10-5-6/h4-5,11H,2-3H2,1H3,(H2,8,9,10). The molecule has 6 nitrogen and oxygen atoms in total. The van der Waals surface area contributed by atoms with Gasteiger partial charge in [-0.1, -0.05) is 6.92 Å². The second-order valence-corrected chi connectivity index (χ2v) is 4.44. The Morgan fingerprint density at radius 3 is 2.50 bits per heavy atom. The fourth-order valence-electron chi connectivity index (χ4n) is 0.785. The van der Waals surface area contributed by atoms with E-state index in [-0.39, 0.29) is 10.8 Å². The molecule has 0 unspecified atom stereocenters. The van der Waals surface area contributed by atoms with Crippen LogP contribution in [-0.4, -0.2) is 24.9 Å². The molecule has 0 aliphatic rings. The molecule has 78 valence electrons. The Morgan fingerprint density at radius 1 is 1.43 bits per heavy atom. The average Bonchev–Trinajstić information content (AvgIpc) is 2.16. The van der Waals surface area contributed by atoms with Gasteiger partial charge in [-0.3, -0.25) is 0 Å². The van der Waals surface area contributed by atoms with E-state index in [2.05, 4.69) is 14.7 Å². The maximum atomic E-state index is 11.5. The summed E-state index contributed by atoms with van der Waals surface area (Å²) in [6.07, 6.45) is 3.09. The molecule has 0 aliphatic heterocycles. The zero-order valence-corrected chi connectivity index (χ0v) is 8.58. The number of nitrogens with one attached hydrogen (secondary N) is 1. The fourth-order valence-corrected chi connectivity index (χ4v) is 1.81. The Morgan fingerprint density at radius 2 is 2.00 bits per heavy atom. The van der Waals surface area contributed by atoms with Gasteiger partial charge in [0.15, 0.2) is 0 Å². The molecule has 0 amide bonds. The van der Waals surface area contributed by atoms with E-state index in [1.807, 2.05) is 6.92 Å². The van der Waals surface area contributed by atoms with Crippen LogP contribution in [0.25, 0.3) is 0 Å². The van der Waals surface area contributed by atoms with Gasteiger partial charge >= 0.3 is 0 Å². The molecule has 3 N–H and O–H groups in total. The maximum Gasteiger partial charge on any atom is 0.243 e. The van der Waals surface area contributed by atoms with Crippen molar-refractivity contribution in [1.29, 1.82) is 0 Å². The lowest BCUT2D eigenvalue weighted by atomic mass is 10.5. The van der Waals surface area contributed by atoms with E-state index in [1.54, 1.807) is 0 Å². The Bertz CT molecular complexity index is 387. The van der Waals surface area contributed by atoms with Crippen LogP contribution < -0.4 is 10.5 Å². The number of rotatable bonds is 4. The van der Waals surface area contributed by atoms with Gasteiger partial charge in [0.2, 0.25) is 16.0 Å². The Hall–Kier alpha value is -1.21. The number of hydrogen-bond acceptors (Lipinski definition) is 5. The highest BCUT2D eigenvalue weighted by molar-refractivity contribution is 7.89. The van der Waals surface area contributed by atoms with E-state index in [9.17, 15) is 8.42 Å². The molecule has 0 aliphatic carbocycles. The number of hydrogen-bond donors (Lipinski definition) is 2. The van der Waals surface area contributed by atoms with Crippen molar-refractivity contribution in [3.05, 3.63) is 12.4 Å². The van der Waals surface area contributed by atoms with Crippen molar-refractivity contribution in [3.63, 3.8) is 0 Å². The van der Waals surface area contributed by atoms with Crippen LogP contribution in [0.2, 0.25) is 0 Å². The minimum Gasteiger partial charge on any atom is -0.368 e. The second-order valence-electron chi connectivity index (χ2n) is 2.67. The van der Waals surface area contributed by atoms with E-state index in [4.69, 9.17) is 5.73 Å². The van der Waals surface area contributed by atoms with E-state index in [1.165, 1.54) is 12.4 Å². The normalized spacial score (nSPS) is 11.5. The van der Waals surface area contributed by atoms with Gasteiger partial charge in [-0.15, -0.1) is 0 Å². The van der Waals surface area contributed by atoms with Gasteiger partial charge in [0.25, 0.3) is 0 Å². The number of nitrogens with two attached hydrogens (primary N) is 1. The van der Waals surface area contributed by atoms with Gasteiger partial charge < -0.3 is 5.73 Å². The van der Waals surface area contributed by atoms with E-state index in [0.29, 0.717) is 6.54 Å². The molecular weight excluding hydrogens is 204 g/mol. The van der Waals surface area contributed by atoms with Crippen molar-refractivity contribution in [2.45, 2.75) is 18.2 Å². The molecule has 1 heterocycles. The summed E-state index contributed by atoms with van der Waals surface area (Å²) in [4.78, 5) is 7.23. The predicted octanol–water partition coefficient (Wildman–Crippen LogP) is -0.253. The number of aromatic nitrogens is 2. The van der Waals surface area contributed by atoms with Crippen LogP contribution in [0.3, 0.4) is 0 Å². The predicted molar refractivity (Wildman–Crippen MR) is 51.9 cm³/mol. The fraction of sp³-hybridized carbons (Fsp3) is 0.429. The highest BCUT2D eigenvalue weighted by Crippen LogP contribution is 2.05. The van der Waals surface area contributed by atoms with Gasteiger partial charge in [0, 0.05) is 6.54 Å². The third-order valence-electron chi connectivity index (χ3n) is 1.50. The molecule has 0 atom stereocenters. The summed E-state index contributed by atoms with van der Waals surface area (Å²) < 4.78 is 25.3. The Labute approximate surface area is 82.6 Å². The van der Waals surface area contributed by atoms with Crippen molar-refractivity contribution in [2.75, 3.05) is 12.3 Å². The van der Waals surface area contributed by atoms with Crippen molar-refractivity contribution < 1.29 is 8.42 Å². The molecule has 0 saturated heterocycles. The summed E-state index contributed by atoms with van der Waals surface area (Å²) in [7, 11) is -3.47. The van der Waals surface area contributed by atoms with Crippen LogP contribution >= 0.6 is 0 Å². The van der Waals surface area contributed by atoms with Gasteiger partial charge in [-0.05, 0) is 6.42 Å². The number of anilines is 1. The largest absolute Gasteiger partial charge is 0.368 e. The first kappa shape index (κ1) is 10.9. The maximum absolute atomic E-state index is 11.5. The first-order valence-corrected chi connectivity index (χ1v) is 5.62. The van der Waals surface area contributed by atoms with Crippen LogP contribution in [0.5, 0.6) is 0 Å². The first-order chi connectivity index (χ1) is 6.56. The smallest absolute Gasteiger partial charge is 0.243 e. The number of nitrogens with zero attached hydrogens (tertiary/aromatic N) is 2. The minimum absolute atomic E-state index is 0.0279. The molecule has 1 aromatic rings. The molecular formula is C7H12N4O2S. The quantitative estimate of drug-likeness (QED) is 0.723. The molecule has 0 aromatic carbocycles. The van der Waals surface area contributed by atoms with Crippen molar-refractivity contribution in [3.8, 4) is 0 Å². The molecule has 0 saturated carbocycles. The third-order valence-corrected chi connectivity index (χ3v) is 2.92. The summed E-state index contributed by atoms with van der Waals surface area (Å²) in [5, 5.41) is 0. The molecule has 0 bridgehead atoms. The van der Waals surface area contributed by atoms with Gasteiger partial charge in [0.1, 0.15) is 4.90 Å². The zero-order valence-electron chi connectivity index (χ0n) is 7.77. The number of sulfonamides is 1. The minimum atomic E-state index is -3.47. The summed E-state index contributed by atoms with van der Waals surface area (Å²) in [5.74, 6) is 0.0550. The zero-order chi connectivity index (χ0) is 10.6.